The van der Waals surface area contributed by atoms with Gasteiger partial charge in [0.05, 0.1) is 6.61 Å². The van der Waals surface area contributed by atoms with Gasteiger partial charge < -0.3 is 10.1 Å². The zero-order valence-electron chi connectivity index (χ0n) is 11.7. The Morgan fingerprint density at radius 2 is 2.00 bits per heavy atom. The van der Waals surface area contributed by atoms with Crippen molar-refractivity contribution in [1.29, 1.82) is 0 Å². The number of nitrogens with one attached hydrogen (secondary N) is 1. The number of amides is 1. The molecule has 0 radical (unpaired) electrons. The number of aryl methyl sites for hydroxylation is 1. The lowest BCUT2D eigenvalue weighted by Gasteiger charge is -2.17. The average molecular weight is 261 g/mol. The van der Waals surface area contributed by atoms with Gasteiger partial charge in [0.1, 0.15) is 5.75 Å². The standard InChI is InChI=1S/C16H23NO2/c1-2-3-4-5-6-11-19-14-9-7-13-8-10-16(18)17-15(13)12-14/h7,9,12H,2-6,8,10-11H2,1H3,(H,17,18). The molecule has 19 heavy (non-hydrogen) atoms. The molecular weight excluding hydrogens is 238 g/mol. The van der Waals surface area contributed by atoms with E-state index in [0.29, 0.717) is 6.42 Å². The third-order valence-electron chi connectivity index (χ3n) is 3.49. The molecule has 1 aliphatic rings. The van der Waals surface area contributed by atoms with Crippen LogP contribution in [-0.2, 0) is 11.2 Å². The van der Waals surface area contributed by atoms with Crippen LogP contribution in [0.2, 0.25) is 0 Å². The lowest BCUT2D eigenvalue weighted by Crippen LogP contribution is -2.18. The van der Waals surface area contributed by atoms with Gasteiger partial charge in [0, 0.05) is 18.2 Å². The van der Waals surface area contributed by atoms with Crippen molar-refractivity contribution < 1.29 is 9.53 Å². The highest BCUT2D eigenvalue weighted by atomic mass is 16.5. The number of benzene rings is 1. The van der Waals surface area contributed by atoms with E-state index < -0.39 is 0 Å². The number of fused-ring (bicyclic) bond motifs is 1. The fourth-order valence-electron chi connectivity index (χ4n) is 2.34. The minimum Gasteiger partial charge on any atom is -0.494 e. The van der Waals surface area contributed by atoms with E-state index in [2.05, 4.69) is 18.3 Å². The van der Waals surface area contributed by atoms with Crippen LogP contribution in [0, 0.1) is 0 Å². The van der Waals surface area contributed by atoms with Crippen molar-refractivity contribution in [3.63, 3.8) is 0 Å². The molecule has 1 heterocycles. The number of unbranched alkanes of at least 4 members (excludes halogenated alkanes) is 4. The number of carbonyl (C=O) groups excluding carboxylic acids is 1. The first kappa shape index (κ1) is 13.9. The lowest BCUT2D eigenvalue weighted by atomic mass is 10.0. The molecule has 1 aliphatic heterocycles. The Labute approximate surface area is 115 Å². The largest absolute Gasteiger partial charge is 0.494 e. The van der Waals surface area contributed by atoms with Crippen molar-refractivity contribution in [2.24, 2.45) is 0 Å². The van der Waals surface area contributed by atoms with Crippen molar-refractivity contribution in [2.75, 3.05) is 11.9 Å². The third kappa shape index (κ3) is 4.27. The lowest BCUT2D eigenvalue weighted by molar-refractivity contribution is -0.116. The van der Waals surface area contributed by atoms with E-state index in [1.807, 2.05) is 12.1 Å². The van der Waals surface area contributed by atoms with E-state index in [-0.39, 0.29) is 5.91 Å². The van der Waals surface area contributed by atoms with E-state index in [1.54, 1.807) is 0 Å². The molecule has 3 heteroatoms. The fourth-order valence-corrected chi connectivity index (χ4v) is 2.34. The molecule has 0 unspecified atom stereocenters. The van der Waals surface area contributed by atoms with Crippen LogP contribution < -0.4 is 10.1 Å². The zero-order valence-corrected chi connectivity index (χ0v) is 11.7. The van der Waals surface area contributed by atoms with Crippen LogP contribution in [-0.4, -0.2) is 12.5 Å². The van der Waals surface area contributed by atoms with Crippen LogP contribution in [0.5, 0.6) is 5.75 Å². The Morgan fingerprint density at radius 1 is 1.16 bits per heavy atom. The Kier molecular flexibility index (Phi) is 5.25. The number of hydrogen-bond donors (Lipinski definition) is 1. The Morgan fingerprint density at radius 3 is 2.84 bits per heavy atom. The molecule has 1 aromatic carbocycles. The van der Waals surface area contributed by atoms with E-state index in [4.69, 9.17) is 4.74 Å². The zero-order chi connectivity index (χ0) is 13.5. The van der Waals surface area contributed by atoms with E-state index in [1.165, 1.54) is 31.2 Å². The topological polar surface area (TPSA) is 38.3 Å². The number of ether oxygens (including phenoxy) is 1. The molecule has 0 aliphatic carbocycles. The highest BCUT2D eigenvalue weighted by Gasteiger charge is 2.14. The van der Waals surface area contributed by atoms with Crippen molar-refractivity contribution >= 4 is 11.6 Å². The molecule has 0 atom stereocenters. The summed E-state index contributed by atoms with van der Waals surface area (Å²) >= 11 is 0. The third-order valence-corrected chi connectivity index (χ3v) is 3.49. The molecule has 1 N–H and O–H groups in total. The van der Waals surface area contributed by atoms with Gasteiger partial charge in [0.25, 0.3) is 0 Å². The van der Waals surface area contributed by atoms with E-state index >= 15 is 0 Å². The predicted molar refractivity (Wildman–Crippen MR) is 77.6 cm³/mol. The minimum atomic E-state index is 0.101. The van der Waals surface area contributed by atoms with Crippen molar-refractivity contribution in [1.82, 2.24) is 0 Å². The van der Waals surface area contributed by atoms with Gasteiger partial charge in [-0.2, -0.15) is 0 Å². The Hall–Kier alpha value is -1.51. The summed E-state index contributed by atoms with van der Waals surface area (Å²) in [5.74, 6) is 0.959. The first-order valence-corrected chi connectivity index (χ1v) is 7.35. The molecule has 3 nitrogen and oxygen atoms in total. The van der Waals surface area contributed by atoms with Crippen LogP contribution in [0.3, 0.4) is 0 Å². The molecule has 1 aromatic rings. The van der Waals surface area contributed by atoms with Gasteiger partial charge in [-0.3, -0.25) is 4.79 Å². The van der Waals surface area contributed by atoms with Gasteiger partial charge >= 0.3 is 0 Å². The van der Waals surface area contributed by atoms with Crippen LogP contribution in [0.25, 0.3) is 0 Å². The fraction of sp³-hybridized carbons (Fsp3) is 0.562. The summed E-state index contributed by atoms with van der Waals surface area (Å²) in [4.78, 5) is 11.3. The van der Waals surface area contributed by atoms with Crippen LogP contribution in [0.15, 0.2) is 18.2 Å². The summed E-state index contributed by atoms with van der Waals surface area (Å²) in [6.45, 7) is 2.98. The normalized spacial score (nSPS) is 13.8. The summed E-state index contributed by atoms with van der Waals surface area (Å²) < 4.78 is 5.74. The summed E-state index contributed by atoms with van der Waals surface area (Å²) in [6.07, 6.45) is 7.62. The van der Waals surface area contributed by atoms with Gasteiger partial charge in [-0.05, 0) is 24.5 Å². The smallest absolute Gasteiger partial charge is 0.224 e. The molecule has 0 fully saturated rings. The Bertz CT molecular complexity index is 429. The molecule has 0 spiro atoms. The Balaban J connectivity index is 1.78. The molecular formula is C16H23NO2. The molecule has 104 valence electrons. The van der Waals surface area contributed by atoms with Gasteiger partial charge in [-0.25, -0.2) is 0 Å². The van der Waals surface area contributed by atoms with Gasteiger partial charge in [0.2, 0.25) is 5.91 Å². The van der Waals surface area contributed by atoms with Gasteiger partial charge in [0.15, 0.2) is 0 Å². The van der Waals surface area contributed by atoms with E-state index in [9.17, 15) is 4.79 Å². The average Bonchev–Trinajstić information content (AvgIpc) is 2.42. The second-order valence-electron chi connectivity index (χ2n) is 5.13. The summed E-state index contributed by atoms with van der Waals surface area (Å²) in [5.41, 5.74) is 2.12. The number of anilines is 1. The maximum absolute atomic E-state index is 11.3. The monoisotopic (exact) mass is 261 g/mol. The quantitative estimate of drug-likeness (QED) is 0.755. The highest BCUT2D eigenvalue weighted by Crippen LogP contribution is 2.27. The first-order chi connectivity index (χ1) is 9.29. The predicted octanol–water partition coefficient (Wildman–Crippen LogP) is 3.92. The van der Waals surface area contributed by atoms with Crippen LogP contribution >= 0.6 is 0 Å². The van der Waals surface area contributed by atoms with Crippen molar-refractivity contribution in [3.8, 4) is 5.75 Å². The second kappa shape index (κ2) is 7.17. The molecule has 0 saturated carbocycles. The number of hydrogen-bond acceptors (Lipinski definition) is 2. The molecule has 1 amide bonds. The maximum atomic E-state index is 11.3. The SMILES string of the molecule is CCCCCCCOc1ccc2c(c1)NC(=O)CC2. The molecule has 0 aromatic heterocycles. The first-order valence-electron chi connectivity index (χ1n) is 7.35. The maximum Gasteiger partial charge on any atom is 0.224 e. The van der Waals surface area contributed by atoms with E-state index in [0.717, 1.165) is 30.9 Å². The summed E-state index contributed by atoms with van der Waals surface area (Å²) in [5, 5.41) is 2.90. The van der Waals surface area contributed by atoms with Crippen LogP contribution in [0.1, 0.15) is 51.0 Å². The van der Waals surface area contributed by atoms with Crippen LogP contribution in [0.4, 0.5) is 5.69 Å². The molecule has 0 saturated heterocycles. The highest BCUT2D eigenvalue weighted by molar-refractivity contribution is 5.94. The summed E-state index contributed by atoms with van der Waals surface area (Å²) in [7, 11) is 0. The van der Waals surface area contributed by atoms with Gasteiger partial charge in [-0.1, -0.05) is 38.7 Å². The molecule has 2 rings (SSSR count). The van der Waals surface area contributed by atoms with Crippen molar-refractivity contribution in [2.45, 2.75) is 51.9 Å². The molecule has 0 bridgehead atoms. The van der Waals surface area contributed by atoms with Gasteiger partial charge in [-0.15, -0.1) is 0 Å². The van der Waals surface area contributed by atoms with Crippen molar-refractivity contribution in [3.05, 3.63) is 23.8 Å². The number of rotatable bonds is 7. The summed E-state index contributed by atoms with van der Waals surface area (Å²) in [6, 6.07) is 6.00. The number of carbonyl (C=O) groups is 1. The second-order valence-corrected chi connectivity index (χ2v) is 5.13. The minimum absolute atomic E-state index is 0.101.